The first-order valence-corrected chi connectivity index (χ1v) is 6.24. The molecule has 1 aromatic rings. The zero-order chi connectivity index (χ0) is 11.2. The minimum atomic E-state index is 0.772. The molecule has 1 heterocycles. The van der Waals surface area contributed by atoms with Crippen molar-refractivity contribution in [2.75, 3.05) is 13.1 Å². The highest BCUT2D eigenvalue weighted by Crippen LogP contribution is 2.25. The molecule has 1 aliphatic carbocycles. The predicted octanol–water partition coefficient (Wildman–Crippen LogP) is 1.78. The Bertz CT molecular complexity index is 295. The summed E-state index contributed by atoms with van der Waals surface area (Å²) in [7, 11) is 0. The Balaban J connectivity index is 1.90. The zero-order valence-electron chi connectivity index (χ0n) is 9.81. The van der Waals surface area contributed by atoms with Crippen molar-refractivity contribution in [3.05, 3.63) is 30.1 Å². The van der Waals surface area contributed by atoms with E-state index in [1.54, 1.807) is 0 Å². The molecule has 0 aromatic carbocycles. The normalized spacial score (nSPS) is 16.4. The molecule has 2 N–H and O–H groups in total. The van der Waals surface area contributed by atoms with E-state index < -0.39 is 0 Å². The van der Waals surface area contributed by atoms with Gasteiger partial charge >= 0.3 is 0 Å². The summed E-state index contributed by atoms with van der Waals surface area (Å²) in [5.41, 5.74) is 6.76. The van der Waals surface area contributed by atoms with Crippen LogP contribution in [-0.4, -0.2) is 29.0 Å². The largest absolute Gasteiger partial charge is 0.330 e. The van der Waals surface area contributed by atoms with E-state index in [0.29, 0.717) is 0 Å². The van der Waals surface area contributed by atoms with Gasteiger partial charge in [0.25, 0.3) is 0 Å². The molecule has 0 aliphatic heterocycles. The molecule has 3 nitrogen and oxygen atoms in total. The van der Waals surface area contributed by atoms with E-state index in [-0.39, 0.29) is 0 Å². The highest BCUT2D eigenvalue weighted by molar-refractivity contribution is 5.03. The lowest BCUT2D eigenvalue weighted by molar-refractivity contribution is 0.117. The zero-order valence-corrected chi connectivity index (χ0v) is 9.81. The molecule has 1 aromatic heterocycles. The van der Waals surface area contributed by atoms with Crippen LogP contribution in [0.2, 0.25) is 0 Å². The van der Waals surface area contributed by atoms with Gasteiger partial charge in [-0.1, -0.05) is 12.5 Å². The van der Waals surface area contributed by atoms with Crippen LogP contribution in [0.15, 0.2) is 24.4 Å². The summed E-state index contributed by atoms with van der Waals surface area (Å²) in [4.78, 5) is 6.93. The molecular formula is C13H21N3. The van der Waals surface area contributed by atoms with Gasteiger partial charge in [0, 0.05) is 25.3 Å². The Hall–Kier alpha value is -0.930. The van der Waals surface area contributed by atoms with Gasteiger partial charge in [-0.2, -0.15) is 0 Å². The molecule has 0 unspecified atom stereocenters. The highest BCUT2D eigenvalue weighted by atomic mass is 15.2. The van der Waals surface area contributed by atoms with E-state index in [0.717, 1.165) is 32.1 Å². The maximum atomic E-state index is 5.59. The second-order valence-electron chi connectivity index (χ2n) is 4.52. The molecule has 1 fully saturated rings. The van der Waals surface area contributed by atoms with Crippen molar-refractivity contribution >= 4 is 0 Å². The van der Waals surface area contributed by atoms with E-state index >= 15 is 0 Å². The third kappa shape index (κ3) is 3.03. The second-order valence-corrected chi connectivity index (χ2v) is 4.52. The van der Waals surface area contributed by atoms with Gasteiger partial charge in [0.1, 0.15) is 0 Å². The van der Waals surface area contributed by atoms with Crippen LogP contribution in [0.1, 0.15) is 31.4 Å². The molecule has 1 saturated carbocycles. The fourth-order valence-electron chi connectivity index (χ4n) is 2.14. The average molecular weight is 219 g/mol. The molecule has 0 radical (unpaired) electrons. The maximum absolute atomic E-state index is 5.59. The molecule has 1 aliphatic rings. The highest BCUT2D eigenvalue weighted by Gasteiger charge is 2.24. The first kappa shape index (κ1) is 11.6. The monoisotopic (exact) mass is 219 g/mol. The first-order valence-electron chi connectivity index (χ1n) is 6.24. The van der Waals surface area contributed by atoms with Gasteiger partial charge in [-0.3, -0.25) is 9.88 Å². The number of hydrogen-bond acceptors (Lipinski definition) is 3. The van der Waals surface area contributed by atoms with Crippen LogP contribution >= 0.6 is 0 Å². The Morgan fingerprint density at radius 2 is 2.25 bits per heavy atom. The number of pyridine rings is 1. The minimum Gasteiger partial charge on any atom is -0.330 e. The van der Waals surface area contributed by atoms with Crippen molar-refractivity contribution in [3.8, 4) is 0 Å². The number of nitrogens with two attached hydrogens (primary N) is 1. The maximum Gasteiger partial charge on any atom is 0.0544 e. The molecule has 88 valence electrons. The second kappa shape index (κ2) is 5.97. The molecule has 2 rings (SSSR count). The molecule has 0 saturated heterocycles. The Morgan fingerprint density at radius 1 is 1.38 bits per heavy atom. The van der Waals surface area contributed by atoms with Gasteiger partial charge in [0.15, 0.2) is 0 Å². The predicted molar refractivity (Wildman–Crippen MR) is 66.0 cm³/mol. The lowest BCUT2D eigenvalue weighted by atomic mass is 9.91. The van der Waals surface area contributed by atoms with Gasteiger partial charge in [0.2, 0.25) is 0 Å². The minimum absolute atomic E-state index is 0.772. The SMILES string of the molecule is NCCCN(Cc1ccccn1)C1CCC1. The van der Waals surface area contributed by atoms with Gasteiger partial charge in [-0.15, -0.1) is 0 Å². The topological polar surface area (TPSA) is 42.1 Å². The summed E-state index contributed by atoms with van der Waals surface area (Å²) in [6.45, 7) is 2.87. The summed E-state index contributed by atoms with van der Waals surface area (Å²) in [5, 5.41) is 0. The molecular weight excluding hydrogens is 198 g/mol. The van der Waals surface area contributed by atoms with Crippen LogP contribution in [-0.2, 0) is 6.54 Å². The van der Waals surface area contributed by atoms with Crippen LogP contribution in [0.25, 0.3) is 0 Å². The third-order valence-corrected chi connectivity index (χ3v) is 3.33. The summed E-state index contributed by atoms with van der Waals surface area (Å²) in [6, 6.07) is 6.91. The van der Waals surface area contributed by atoms with Gasteiger partial charge in [0.05, 0.1) is 5.69 Å². The van der Waals surface area contributed by atoms with E-state index in [1.165, 1.54) is 25.0 Å². The smallest absolute Gasteiger partial charge is 0.0544 e. The quantitative estimate of drug-likeness (QED) is 0.793. The van der Waals surface area contributed by atoms with Gasteiger partial charge < -0.3 is 5.73 Å². The molecule has 0 atom stereocenters. The van der Waals surface area contributed by atoms with Crippen molar-refractivity contribution < 1.29 is 0 Å². The fourth-order valence-corrected chi connectivity index (χ4v) is 2.14. The van der Waals surface area contributed by atoms with Crippen molar-refractivity contribution in [2.24, 2.45) is 5.73 Å². The Kier molecular flexibility index (Phi) is 4.31. The third-order valence-electron chi connectivity index (χ3n) is 3.33. The van der Waals surface area contributed by atoms with Crippen LogP contribution in [0, 0.1) is 0 Å². The summed E-state index contributed by atoms with van der Waals surface area (Å²) >= 11 is 0. The fraction of sp³-hybridized carbons (Fsp3) is 0.615. The molecule has 0 bridgehead atoms. The summed E-state index contributed by atoms with van der Waals surface area (Å²) < 4.78 is 0. The van der Waals surface area contributed by atoms with E-state index in [2.05, 4.69) is 22.0 Å². The average Bonchev–Trinajstić information content (AvgIpc) is 2.25. The van der Waals surface area contributed by atoms with Crippen molar-refractivity contribution in [1.29, 1.82) is 0 Å². The van der Waals surface area contributed by atoms with Crippen LogP contribution in [0.3, 0.4) is 0 Å². The van der Waals surface area contributed by atoms with Crippen LogP contribution < -0.4 is 5.73 Å². The summed E-state index contributed by atoms with van der Waals surface area (Å²) in [6.07, 6.45) is 7.03. The number of nitrogens with zero attached hydrogens (tertiary/aromatic N) is 2. The van der Waals surface area contributed by atoms with Crippen LogP contribution in [0.4, 0.5) is 0 Å². The standard InChI is InChI=1S/C13H21N3/c14-8-4-10-16(13-6-3-7-13)11-12-5-1-2-9-15-12/h1-2,5,9,13H,3-4,6-8,10-11,14H2. The van der Waals surface area contributed by atoms with Crippen molar-refractivity contribution in [2.45, 2.75) is 38.3 Å². The van der Waals surface area contributed by atoms with E-state index in [9.17, 15) is 0 Å². The van der Waals surface area contributed by atoms with E-state index in [1.807, 2.05) is 12.3 Å². The lowest BCUT2D eigenvalue weighted by Crippen LogP contribution is -2.40. The van der Waals surface area contributed by atoms with Crippen molar-refractivity contribution in [1.82, 2.24) is 9.88 Å². The number of rotatable bonds is 6. The first-order chi connectivity index (χ1) is 7.90. The summed E-state index contributed by atoms with van der Waals surface area (Å²) in [5.74, 6) is 0. The lowest BCUT2D eigenvalue weighted by Gasteiger charge is -2.37. The number of aromatic nitrogens is 1. The van der Waals surface area contributed by atoms with Crippen molar-refractivity contribution in [3.63, 3.8) is 0 Å². The molecule has 0 spiro atoms. The van der Waals surface area contributed by atoms with E-state index in [4.69, 9.17) is 5.73 Å². The van der Waals surface area contributed by atoms with Gasteiger partial charge in [-0.25, -0.2) is 0 Å². The Morgan fingerprint density at radius 3 is 2.81 bits per heavy atom. The molecule has 16 heavy (non-hydrogen) atoms. The van der Waals surface area contributed by atoms with Gasteiger partial charge in [-0.05, 0) is 37.9 Å². The number of hydrogen-bond donors (Lipinski definition) is 1. The molecule has 3 heteroatoms. The molecule has 0 amide bonds. The Labute approximate surface area is 97.7 Å². The van der Waals surface area contributed by atoms with Crippen LogP contribution in [0.5, 0.6) is 0 Å².